The fourth-order valence-electron chi connectivity index (χ4n) is 4.17. The maximum absolute atomic E-state index is 8.36. The lowest BCUT2D eigenvalue weighted by Gasteiger charge is -2.26. The molecule has 0 aliphatic heterocycles. The van der Waals surface area contributed by atoms with Crippen LogP contribution >= 0.6 is 11.3 Å². The van der Waals surface area contributed by atoms with Crippen molar-refractivity contribution in [3.8, 4) is 0 Å². The molecule has 2 saturated carbocycles. The van der Waals surface area contributed by atoms with Crippen molar-refractivity contribution < 1.29 is 19.8 Å². The molecule has 2 unspecified atom stereocenters. The van der Waals surface area contributed by atoms with Gasteiger partial charge in [0, 0.05) is 23.5 Å². The van der Waals surface area contributed by atoms with Gasteiger partial charge in [0.15, 0.2) is 0 Å². The molecular weight excluding hydrogens is 354 g/mol. The van der Waals surface area contributed by atoms with Gasteiger partial charge in [-0.2, -0.15) is 0 Å². The summed E-state index contributed by atoms with van der Waals surface area (Å²) < 4.78 is 0. The molecule has 8 heteroatoms. The highest BCUT2D eigenvalue weighted by Crippen LogP contribution is 2.46. The van der Waals surface area contributed by atoms with Crippen molar-refractivity contribution >= 4 is 24.3 Å². The first-order chi connectivity index (χ1) is 12.4. The second-order valence-corrected chi connectivity index (χ2v) is 8.16. The third kappa shape index (κ3) is 6.34. The van der Waals surface area contributed by atoms with E-state index < -0.39 is 0 Å². The van der Waals surface area contributed by atoms with Crippen molar-refractivity contribution in [3.05, 3.63) is 16.1 Å². The zero-order valence-electron chi connectivity index (χ0n) is 16.0. The van der Waals surface area contributed by atoms with Gasteiger partial charge in [-0.1, -0.05) is 0 Å². The van der Waals surface area contributed by atoms with E-state index in [9.17, 15) is 0 Å². The van der Waals surface area contributed by atoms with E-state index in [1.165, 1.54) is 36.3 Å². The summed E-state index contributed by atoms with van der Waals surface area (Å²) in [4.78, 5) is 27.5. The molecule has 0 radical (unpaired) electrons. The average molecular weight is 386 g/mol. The summed E-state index contributed by atoms with van der Waals surface area (Å²) in [6.45, 7) is 2.71. The molecule has 2 aliphatic rings. The van der Waals surface area contributed by atoms with Crippen LogP contribution in [0, 0.1) is 18.8 Å². The van der Waals surface area contributed by atoms with Gasteiger partial charge in [0.1, 0.15) is 0 Å². The van der Waals surface area contributed by atoms with Crippen molar-refractivity contribution in [3.63, 3.8) is 0 Å². The van der Waals surface area contributed by atoms with Gasteiger partial charge in [-0.15, -0.1) is 11.3 Å². The molecule has 1 aromatic heterocycles. The first-order valence-electron chi connectivity index (χ1n) is 8.79. The second-order valence-electron chi connectivity index (χ2n) is 7.22. The highest BCUT2D eigenvalue weighted by atomic mass is 32.1. The minimum Gasteiger partial charge on any atom is -0.483 e. The van der Waals surface area contributed by atoms with Crippen LogP contribution in [-0.2, 0) is 16.1 Å². The standard InChI is InChI=1S/C16H27N3S.2CH2O2/c1-11-16(20-10-17-11)9-19(4)15-7-12-5-14(18(2)3)6-13(12)8-15;2*2-1-3/h10,12-15H,5-9H2,1-4H3;2*1H,(H,2,3)/t12-,13+,14?,15?;;. The van der Waals surface area contributed by atoms with Crippen molar-refractivity contribution in [2.45, 2.75) is 51.2 Å². The van der Waals surface area contributed by atoms with Gasteiger partial charge < -0.3 is 15.1 Å². The molecule has 0 amide bonds. The number of hydrogen-bond donors (Lipinski definition) is 2. The van der Waals surface area contributed by atoms with Crippen LogP contribution in [0.3, 0.4) is 0 Å². The number of aromatic nitrogens is 1. The largest absolute Gasteiger partial charge is 0.483 e. The lowest BCUT2D eigenvalue weighted by Crippen LogP contribution is -2.31. The lowest BCUT2D eigenvalue weighted by molar-refractivity contribution is -0.123. The summed E-state index contributed by atoms with van der Waals surface area (Å²) in [5.41, 5.74) is 3.19. The number of hydrogen-bond acceptors (Lipinski definition) is 6. The van der Waals surface area contributed by atoms with E-state index in [4.69, 9.17) is 19.8 Å². The van der Waals surface area contributed by atoms with E-state index in [0.29, 0.717) is 0 Å². The molecule has 26 heavy (non-hydrogen) atoms. The van der Waals surface area contributed by atoms with E-state index in [0.717, 1.165) is 30.5 Å². The number of aryl methyl sites for hydroxylation is 1. The van der Waals surface area contributed by atoms with Crippen molar-refractivity contribution in [1.82, 2.24) is 14.8 Å². The normalized spacial score (nSPS) is 26.5. The van der Waals surface area contributed by atoms with Crippen LogP contribution in [0.25, 0.3) is 0 Å². The van der Waals surface area contributed by atoms with Crippen molar-refractivity contribution in [2.24, 2.45) is 11.8 Å². The predicted molar refractivity (Wildman–Crippen MR) is 102 cm³/mol. The highest BCUT2D eigenvalue weighted by Gasteiger charge is 2.43. The number of carbonyl (C=O) groups is 2. The molecule has 0 saturated heterocycles. The Morgan fingerprint density at radius 1 is 1.08 bits per heavy atom. The Balaban J connectivity index is 0.000000499. The van der Waals surface area contributed by atoms with Gasteiger partial charge in [0.25, 0.3) is 12.9 Å². The zero-order valence-corrected chi connectivity index (χ0v) is 16.9. The summed E-state index contributed by atoms with van der Waals surface area (Å²) in [6.07, 6.45) is 5.65. The Bertz CT molecular complexity index is 532. The first kappa shape index (κ1) is 22.5. The molecule has 1 heterocycles. The van der Waals surface area contributed by atoms with Gasteiger partial charge >= 0.3 is 0 Å². The quantitative estimate of drug-likeness (QED) is 0.769. The van der Waals surface area contributed by atoms with Crippen molar-refractivity contribution in [1.29, 1.82) is 0 Å². The smallest absolute Gasteiger partial charge is 0.290 e. The van der Waals surface area contributed by atoms with Crippen LogP contribution in [-0.4, -0.2) is 71.2 Å². The van der Waals surface area contributed by atoms with Crippen LogP contribution in [0.4, 0.5) is 0 Å². The number of nitrogens with zero attached hydrogens (tertiary/aromatic N) is 3. The molecule has 4 atom stereocenters. The molecule has 2 aliphatic carbocycles. The lowest BCUT2D eigenvalue weighted by atomic mass is 10.0. The molecule has 0 spiro atoms. The molecule has 0 aromatic carbocycles. The predicted octanol–water partition coefficient (Wildman–Crippen LogP) is 2.40. The fourth-order valence-corrected chi connectivity index (χ4v) is 5.01. The molecule has 7 nitrogen and oxygen atoms in total. The molecule has 3 rings (SSSR count). The fraction of sp³-hybridized carbons (Fsp3) is 0.722. The topological polar surface area (TPSA) is 94.0 Å². The van der Waals surface area contributed by atoms with E-state index >= 15 is 0 Å². The monoisotopic (exact) mass is 385 g/mol. The summed E-state index contributed by atoms with van der Waals surface area (Å²) in [5.74, 6) is 1.94. The Hall–Kier alpha value is -1.51. The maximum atomic E-state index is 8.36. The average Bonchev–Trinajstić information content (AvgIpc) is 3.24. The molecule has 2 N–H and O–H groups in total. The van der Waals surface area contributed by atoms with Crippen molar-refractivity contribution in [2.75, 3.05) is 21.1 Å². The summed E-state index contributed by atoms with van der Waals surface area (Å²) in [6, 6.07) is 1.62. The Kier molecular flexibility index (Phi) is 9.75. The summed E-state index contributed by atoms with van der Waals surface area (Å²) >= 11 is 1.80. The van der Waals surface area contributed by atoms with Crippen LogP contribution in [0.5, 0.6) is 0 Å². The second kappa shape index (κ2) is 11.3. The number of fused-ring (bicyclic) bond motifs is 1. The number of carboxylic acid groups (broad SMARTS) is 2. The van der Waals surface area contributed by atoms with Crippen LogP contribution in [0.15, 0.2) is 5.51 Å². The van der Waals surface area contributed by atoms with Gasteiger partial charge in [-0.25, -0.2) is 4.98 Å². The Morgan fingerprint density at radius 2 is 1.54 bits per heavy atom. The third-order valence-electron chi connectivity index (χ3n) is 5.56. The third-order valence-corrected chi connectivity index (χ3v) is 6.48. The van der Waals surface area contributed by atoms with E-state index in [1.54, 1.807) is 11.3 Å². The van der Waals surface area contributed by atoms with E-state index in [2.05, 4.69) is 42.9 Å². The van der Waals surface area contributed by atoms with Gasteiger partial charge in [-0.05, 0) is 65.6 Å². The van der Waals surface area contributed by atoms with E-state index in [1.807, 2.05) is 5.51 Å². The van der Waals surface area contributed by atoms with Crippen LogP contribution in [0.1, 0.15) is 36.3 Å². The van der Waals surface area contributed by atoms with E-state index in [-0.39, 0.29) is 12.9 Å². The number of rotatable bonds is 4. The maximum Gasteiger partial charge on any atom is 0.290 e. The molecule has 1 aromatic rings. The summed E-state index contributed by atoms with van der Waals surface area (Å²) in [7, 11) is 6.78. The van der Waals surface area contributed by atoms with Gasteiger partial charge in [-0.3, -0.25) is 14.5 Å². The van der Waals surface area contributed by atoms with Gasteiger partial charge in [0.05, 0.1) is 11.2 Å². The molecule has 0 bridgehead atoms. The minimum atomic E-state index is -0.250. The Labute approximate surface area is 159 Å². The molecular formula is C18H31N3O4S. The highest BCUT2D eigenvalue weighted by molar-refractivity contribution is 7.09. The van der Waals surface area contributed by atoms with Crippen LogP contribution < -0.4 is 0 Å². The first-order valence-corrected chi connectivity index (χ1v) is 9.67. The zero-order chi connectivity index (χ0) is 19.7. The molecule has 148 valence electrons. The number of thiazole rings is 1. The SMILES string of the molecule is Cc1ncsc1CN(C)C1C[C@H]2CC(N(C)C)C[C@H]2C1.O=CO.O=CO. The van der Waals surface area contributed by atoms with Gasteiger partial charge in [0.2, 0.25) is 0 Å². The molecule has 2 fully saturated rings. The van der Waals surface area contributed by atoms with Crippen LogP contribution in [0.2, 0.25) is 0 Å². The minimum absolute atomic E-state index is 0.250. The summed E-state index contributed by atoms with van der Waals surface area (Å²) in [5, 5.41) is 13.8. The Morgan fingerprint density at radius 3 is 1.92 bits per heavy atom.